The van der Waals surface area contributed by atoms with E-state index < -0.39 is 12.4 Å². The molecule has 4 rings (SSSR count). The molecule has 4 atom stereocenters. The van der Waals surface area contributed by atoms with Crippen LogP contribution in [0.5, 0.6) is 0 Å². The maximum absolute atomic E-state index is 6.58. The van der Waals surface area contributed by atoms with Gasteiger partial charge in [-0.15, -0.1) is 0 Å². The van der Waals surface area contributed by atoms with E-state index in [9.17, 15) is 0 Å². The Balaban J connectivity index is 1.56. The minimum absolute atomic E-state index is 0.0262. The van der Waals surface area contributed by atoms with Crippen molar-refractivity contribution in [2.24, 2.45) is 5.92 Å². The lowest BCUT2D eigenvalue weighted by atomic mass is 9.88. The Bertz CT molecular complexity index is 1040. The summed E-state index contributed by atoms with van der Waals surface area (Å²) in [6.07, 6.45) is 2.29. The Hall–Kier alpha value is -3.12. The minimum Gasteiger partial charge on any atom is -0.493 e. The Morgan fingerprint density at radius 2 is 1.19 bits per heavy atom. The molecule has 0 radical (unpaired) electrons. The van der Waals surface area contributed by atoms with Gasteiger partial charge in [-0.1, -0.05) is 104 Å². The lowest BCUT2D eigenvalue weighted by Crippen LogP contribution is -2.52. The molecule has 1 aliphatic heterocycles. The average molecular weight is 489 g/mol. The first kappa shape index (κ1) is 26.0. The largest absolute Gasteiger partial charge is 0.493 e. The summed E-state index contributed by atoms with van der Waals surface area (Å²) in [5, 5.41) is 0. The van der Waals surface area contributed by atoms with Gasteiger partial charge in [0, 0.05) is 13.0 Å². The second kappa shape index (κ2) is 13.8. The molecular formula is C31H36O5. The average Bonchev–Trinajstić information content (AvgIpc) is 2.93. The van der Waals surface area contributed by atoms with E-state index in [0.29, 0.717) is 19.8 Å². The molecule has 0 N–H and O–H groups in total. The molecule has 0 amide bonds. The lowest BCUT2D eigenvalue weighted by Gasteiger charge is -2.43. The zero-order valence-corrected chi connectivity index (χ0v) is 21.1. The molecule has 0 bridgehead atoms. The van der Waals surface area contributed by atoms with Crippen molar-refractivity contribution < 1.29 is 23.7 Å². The van der Waals surface area contributed by atoms with Crippen LogP contribution in [0.2, 0.25) is 0 Å². The van der Waals surface area contributed by atoms with E-state index in [2.05, 4.69) is 31.2 Å². The van der Waals surface area contributed by atoms with Crippen LogP contribution in [0, 0.1) is 5.92 Å². The summed E-state index contributed by atoms with van der Waals surface area (Å²) in [6.45, 7) is 3.56. The zero-order valence-electron chi connectivity index (χ0n) is 21.1. The van der Waals surface area contributed by atoms with Gasteiger partial charge < -0.3 is 23.7 Å². The molecular weight excluding hydrogens is 452 g/mol. The summed E-state index contributed by atoms with van der Waals surface area (Å²) in [5.74, 6) is 0.707. The van der Waals surface area contributed by atoms with E-state index in [4.69, 9.17) is 23.7 Å². The predicted octanol–water partition coefficient (Wildman–Crippen LogP) is 6.63. The molecule has 3 aromatic rings. The normalized spacial score (nSPS) is 22.8. The highest BCUT2D eigenvalue weighted by Crippen LogP contribution is 2.37. The fourth-order valence-corrected chi connectivity index (χ4v) is 4.46. The number of hydrogen-bond acceptors (Lipinski definition) is 5. The molecule has 0 aliphatic carbocycles. The quantitative estimate of drug-likeness (QED) is 0.268. The summed E-state index contributed by atoms with van der Waals surface area (Å²) >= 11 is 0. The maximum atomic E-state index is 6.58. The van der Waals surface area contributed by atoms with Crippen molar-refractivity contribution in [2.45, 2.75) is 58.1 Å². The van der Waals surface area contributed by atoms with E-state index in [1.165, 1.54) is 0 Å². The van der Waals surface area contributed by atoms with E-state index in [-0.39, 0.29) is 12.0 Å². The van der Waals surface area contributed by atoms with Gasteiger partial charge >= 0.3 is 0 Å². The third-order valence-corrected chi connectivity index (χ3v) is 6.30. The third kappa shape index (κ3) is 7.20. The topological polar surface area (TPSA) is 46.2 Å². The fourth-order valence-electron chi connectivity index (χ4n) is 4.46. The molecule has 1 fully saturated rings. The summed E-state index contributed by atoms with van der Waals surface area (Å²) in [6, 6.07) is 30.4. The second-order valence-electron chi connectivity index (χ2n) is 8.96. The highest BCUT2D eigenvalue weighted by molar-refractivity contribution is 5.16. The third-order valence-electron chi connectivity index (χ3n) is 6.30. The summed E-state index contributed by atoms with van der Waals surface area (Å²) < 4.78 is 31.1. The van der Waals surface area contributed by atoms with Crippen LogP contribution in [0.15, 0.2) is 103 Å². The molecule has 0 aromatic heterocycles. The Morgan fingerprint density at radius 3 is 1.69 bits per heavy atom. The molecule has 3 aromatic carbocycles. The molecule has 5 heteroatoms. The van der Waals surface area contributed by atoms with Crippen LogP contribution in [-0.2, 0) is 43.5 Å². The number of ether oxygens (including phenoxy) is 5. The van der Waals surface area contributed by atoms with Crippen LogP contribution in [0.4, 0.5) is 0 Å². The standard InChI is InChI=1S/C31H36O5/c1-3-13-27-28(23-33-20-24-14-7-4-8-15-24)36-31(32-2)30(35-22-26-18-11-6-12-19-26)29(27)34-21-25-16-9-5-10-17-25/h4-12,14-19,23,27,29-31H,3,13,20-22H2,1-2H3/b28-23-/t27?,29-,30+,31?/m0/s1. The molecule has 1 heterocycles. The van der Waals surface area contributed by atoms with E-state index in [1.807, 2.05) is 66.7 Å². The number of hydrogen-bond donors (Lipinski definition) is 0. The van der Waals surface area contributed by atoms with Crippen molar-refractivity contribution in [3.05, 3.63) is 120 Å². The van der Waals surface area contributed by atoms with Crippen LogP contribution >= 0.6 is 0 Å². The van der Waals surface area contributed by atoms with Crippen LogP contribution < -0.4 is 0 Å². The fraction of sp³-hybridized carbons (Fsp3) is 0.355. The molecule has 1 aliphatic rings. The van der Waals surface area contributed by atoms with Crippen LogP contribution in [0.25, 0.3) is 0 Å². The minimum atomic E-state index is -0.617. The molecule has 1 saturated heterocycles. The van der Waals surface area contributed by atoms with Crippen molar-refractivity contribution in [1.82, 2.24) is 0 Å². The van der Waals surface area contributed by atoms with Crippen molar-refractivity contribution >= 4 is 0 Å². The van der Waals surface area contributed by atoms with E-state index >= 15 is 0 Å². The maximum Gasteiger partial charge on any atom is 0.228 e. The van der Waals surface area contributed by atoms with Crippen LogP contribution in [-0.4, -0.2) is 25.6 Å². The van der Waals surface area contributed by atoms with Gasteiger partial charge in [-0.3, -0.25) is 0 Å². The number of benzene rings is 3. The molecule has 0 spiro atoms. The van der Waals surface area contributed by atoms with Gasteiger partial charge in [-0.05, 0) is 23.1 Å². The SMILES string of the molecule is CCCC1/C(=C/OCc2ccccc2)OC(OC)[C@H](OCc2ccccc2)[C@H]1OCc1ccccc1. The summed E-state index contributed by atoms with van der Waals surface area (Å²) in [7, 11) is 1.64. The van der Waals surface area contributed by atoms with Gasteiger partial charge in [0.1, 0.15) is 30.8 Å². The number of rotatable bonds is 12. The predicted molar refractivity (Wildman–Crippen MR) is 140 cm³/mol. The Labute approximate surface area is 214 Å². The highest BCUT2D eigenvalue weighted by Gasteiger charge is 2.45. The first-order chi connectivity index (χ1) is 17.8. The van der Waals surface area contributed by atoms with E-state index in [0.717, 1.165) is 35.3 Å². The monoisotopic (exact) mass is 488 g/mol. The van der Waals surface area contributed by atoms with Gasteiger partial charge in [0.05, 0.1) is 13.2 Å². The van der Waals surface area contributed by atoms with Crippen molar-refractivity contribution in [3.8, 4) is 0 Å². The van der Waals surface area contributed by atoms with Crippen LogP contribution in [0.1, 0.15) is 36.5 Å². The highest BCUT2D eigenvalue weighted by atomic mass is 16.7. The molecule has 2 unspecified atom stereocenters. The second-order valence-corrected chi connectivity index (χ2v) is 8.96. The van der Waals surface area contributed by atoms with E-state index in [1.54, 1.807) is 13.4 Å². The number of methoxy groups -OCH3 is 1. The molecule has 5 nitrogen and oxygen atoms in total. The van der Waals surface area contributed by atoms with Crippen molar-refractivity contribution in [3.63, 3.8) is 0 Å². The Morgan fingerprint density at radius 1 is 0.694 bits per heavy atom. The van der Waals surface area contributed by atoms with Gasteiger partial charge in [0.2, 0.25) is 6.29 Å². The first-order valence-electron chi connectivity index (χ1n) is 12.6. The summed E-state index contributed by atoms with van der Waals surface area (Å²) in [5.41, 5.74) is 3.30. The van der Waals surface area contributed by atoms with Crippen molar-refractivity contribution in [1.29, 1.82) is 0 Å². The molecule has 36 heavy (non-hydrogen) atoms. The van der Waals surface area contributed by atoms with Crippen LogP contribution in [0.3, 0.4) is 0 Å². The smallest absolute Gasteiger partial charge is 0.228 e. The lowest BCUT2D eigenvalue weighted by molar-refractivity contribution is -0.256. The molecule has 190 valence electrons. The van der Waals surface area contributed by atoms with Gasteiger partial charge in [0.25, 0.3) is 0 Å². The Kier molecular flexibility index (Phi) is 9.97. The van der Waals surface area contributed by atoms with Crippen molar-refractivity contribution in [2.75, 3.05) is 7.11 Å². The van der Waals surface area contributed by atoms with Gasteiger partial charge in [-0.2, -0.15) is 0 Å². The van der Waals surface area contributed by atoms with Gasteiger partial charge in [-0.25, -0.2) is 0 Å². The van der Waals surface area contributed by atoms with Gasteiger partial charge in [0.15, 0.2) is 0 Å². The summed E-state index contributed by atoms with van der Waals surface area (Å²) in [4.78, 5) is 0. The first-order valence-corrected chi connectivity index (χ1v) is 12.6. The molecule has 0 saturated carbocycles. The zero-order chi connectivity index (χ0) is 25.0.